The maximum Gasteiger partial charge on any atom is 0.208 e. The third-order valence-corrected chi connectivity index (χ3v) is 4.07. The van der Waals surface area contributed by atoms with Gasteiger partial charge in [0.05, 0.1) is 11.0 Å². The molecule has 108 valence electrons. The molecular weight excluding hydrogens is 288 g/mol. The molecule has 0 aliphatic heterocycles. The number of aromatic amines is 1. The van der Waals surface area contributed by atoms with Gasteiger partial charge in [-0.3, -0.25) is 10.5 Å². The van der Waals surface area contributed by atoms with Crippen molar-refractivity contribution in [3.05, 3.63) is 53.7 Å². The van der Waals surface area contributed by atoms with Crippen molar-refractivity contribution in [1.29, 1.82) is 0 Å². The molecule has 1 aromatic heterocycles. The fraction of sp³-hybridized carbons (Fsp3) is 0.188. The van der Waals surface area contributed by atoms with Crippen LogP contribution in [0.15, 0.2) is 53.7 Å². The molecule has 0 saturated carbocycles. The smallest absolute Gasteiger partial charge is 0.208 e. The number of nitrogens with one attached hydrogen (secondary N) is 1. The van der Waals surface area contributed by atoms with Crippen LogP contribution in [0, 0.1) is 5.92 Å². The molecule has 0 amide bonds. The largest absolute Gasteiger partial charge is 0.466 e. The highest BCUT2D eigenvalue weighted by Gasteiger charge is 2.43. The van der Waals surface area contributed by atoms with E-state index in [0.717, 1.165) is 10.9 Å². The van der Waals surface area contributed by atoms with Gasteiger partial charge < -0.3 is 9.72 Å². The number of aromatic nitrogens is 1. The molecule has 3 N–H and O–H groups in total. The SMILES string of the molecule is CC(=O)C1C=CC=C(Cl)C1(N)Oc1cccc2[nH]ccc12. The van der Waals surface area contributed by atoms with Crippen LogP contribution >= 0.6 is 11.6 Å². The molecule has 0 fully saturated rings. The molecule has 2 aromatic rings. The minimum absolute atomic E-state index is 0.0961. The van der Waals surface area contributed by atoms with Gasteiger partial charge in [-0.1, -0.05) is 29.8 Å². The number of H-pyrrole nitrogens is 1. The summed E-state index contributed by atoms with van der Waals surface area (Å²) in [6, 6.07) is 7.50. The van der Waals surface area contributed by atoms with Crippen molar-refractivity contribution in [3.8, 4) is 5.75 Å². The molecule has 0 radical (unpaired) electrons. The quantitative estimate of drug-likeness (QED) is 0.856. The zero-order valence-corrected chi connectivity index (χ0v) is 12.2. The summed E-state index contributed by atoms with van der Waals surface area (Å²) in [5.74, 6) is -0.130. The third kappa shape index (κ3) is 2.26. The van der Waals surface area contributed by atoms with E-state index >= 15 is 0 Å². The Morgan fingerprint density at radius 1 is 1.43 bits per heavy atom. The summed E-state index contributed by atoms with van der Waals surface area (Å²) >= 11 is 6.24. The van der Waals surface area contributed by atoms with Gasteiger partial charge in [0.15, 0.2) is 0 Å². The summed E-state index contributed by atoms with van der Waals surface area (Å²) in [7, 11) is 0. The summed E-state index contributed by atoms with van der Waals surface area (Å²) in [4.78, 5) is 15.0. The number of carbonyl (C=O) groups excluding carboxylic acids is 1. The second-order valence-electron chi connectivity index (χ2n) is 5.08. The van der Waals surface area contributed by atoms with Crippen molar-refractivity contribution in [1.82, 2.24) is 4.98 Å². The van der Waals surface area contributed by atoms with Gasteiger partial charge in [0, 0.05) is 17.1 Å². The van der Waals surface area contributed by atoms with E-state index in [2.05, 4.69) is 4.98 Å². The number of hydrogen-bond donors (Lipinski definition) is 2. The van der Waals surface area contributed by atoms with E-state index in [1.165, 1.54) is 6.92 Å². The van der Waals surface area contributed by atoms with Gasteiger partial charge in [0.1, 0.15) is 11.5 Å². The van der Waals surface area contributed by atoms with Crippen LogP contribution in [0.2, 0.25) is 0 Å². The normalized spacial score (nSPS) is 24.9. The lowest BCUT2D eigenvalue weighted by molar-refractivity contribution is -0.123. The second kappa shape index (κ2) is 5.06. The Labute approximate surface area is 127 Å². The Kier molecular flexibility index (Phi) is 3.35. The monoisotopic (exact) mass is 302 g/mol. The van der Waals surface area contributed by atoms with Crippen molar-refractivity contribution >= 4 is 28.3 Å². The van der Waals surface area contributed by atoms with E-state index < -0.39 is 11.6 Å². The van der Waals surface area contributed by atoms with E-state index in [4.69, 9.17) is 22.1 Å². The number of hydrogen-bond acceptors (Lipinski definition) is 3. The Morgan fingerprint density at radius 3 is 3.00 bits per heavy atom. The van der Waals surface area contributed by atoms with Crippen LogP contribution in [0.5, 0.6) is 5.75 Å². The molecule has 4 nitrogen and oxygen atoms in total. The van der Waals surface area contributed by atoms with E-state index in [1.54, 1.807) is 18.2 Å². The Hall–Kier alpha value is -2.04. The average Bonchev–Trinajstić information content (AvgIpc) is 2.91. The molecule has 2 unspecified atom stereocenters. The Balaban J connectivity index is 2.05. The molecule has 21 heavy (non-hydrogen) atoms. The number of allylic oxidation sites excluding steroid dienone is 2. The molecule has 5 heteroatoms. The molecule has 0 saturated heterocycles. The molecule has 2 atom stereocenters. The Morgan fingerprint density at radius 2 is 2.24 bits per heavy atom. The number of fused-ring (bicyclic) bond motifs is 1. The molecule has 0 spiro atoms. The second-order valence-corrected chi connectivity index (χ2v) is 5.49. The topological polar surface area (TPSA) is 68.1 Å². The van der Waals surface area contributed by atoms with Gasteiger partial charge in [0.2, 0.25) is 5.72 Å². The fourth-order valence-electron chi connectivity index (χ4n) is 2.55. The van der Waals surface area contributed by atoms with Crippen LogP contribution in [-0.4, -0.2) is 16.5 Å². The Bertz CT molecular complexity index is 762. The first-order valence-corrected chi connectivity index (χ1v) is 6.99. The summed E-state index contributed by atoms with van der Waals surface area (Å²) in [6.45, 7) is 1.48. The van der Waals surface area contributed by atoms with Gasteiger partial charge in [-0.2, -0.15) is 0 Å². The molecule has 0 bridgehead atoms. The van der Waals surface area contributed by atoms with Gasteiger partial charge in [-0.25, -0.2) is 0 Å². The van der Waals surface area contributed by atoms with Crippen molar-refractivity contribution in [2.45, 2.75) is 12.6 Å². The molecule has 3 rings (SSSR count). The minimum atomic E-state index is -1.38. The van der Waals surface area contributed by atoms with Crippen LogP contribution in [0.3, 0.4) is 0 Å². The number of benzene rings is 1. The number of rotatable bonds is 3. The maximum absolute atomic E-state index is 11.9. The summed E-state index contributed by atoms with van der Waals surface area (Å²) in [5.41, 5.74) is 5.89. The minimum Gasteiger partial charge on any atom is -0.466 e. The maximum atomic E-state index is 11.9. The van der Waals surface area contributed by atoms with Gasteiger partial charge in [-0.15, -0.1) is 0 Å². The van der Waals surface area contributed by atoms with E-state index in [1.807, 2.05) is 30.5 Å². The van der Waals surface area contributed by atoms with E-state index in [9.17, 15) is 4.79 Å². The highest BCUT2D eigenvalue weighted by Crippen LogP contribution is 2.36. The van der Waals surface area contributed by atoms with Crippen LogP contribution in [0.1, 0.15) is 6.92 Å². The van der Waals surface area contributed by atoms with Crippen LogP contribution < -0.4 is 10.5 Å². The average molecular weight is 303 g/mol. The molecular formula is C16H15ClN2O2. The lowest BCUT2D eigenvalue weighted by Gasteiger charge is -2.36. The summed E-state index contributed by atoms with van der Waals surface area (Å²) in [5, 5.41) is 1.20. The zero-order valence-electron chi connectivity index (χ0n) is 11.5. The van der Waals surface area contributed by atoms with Gasteiger partial charge >= 0.3 is 0 Å². The lowest BCUT2D eigenvalue weighted by atomic mass is 9.88. The van der Waals surface area contributed by atoms with Crippen LogP contribution in [0.4, 0.5) is 0 Å². The first-order valence-electron chi connectivity index (χ1n) is 6.61. The number of ether oxygens (including phenoxy) is 1. The first-order chi connectivity index (χ1) is 10.0. The van der Waals surface area contributed by atoms with Gasteiger partial charge in [0.25, 0.3) is 0 Å². The highest BCUT2D eigenvalue weighted by atomic mass is 35.5. The van der Waals surface area contributed by atoms with Crippen molar-refractivity contribution in [3.63, 3.8) is 0 Å². The number of Topliss-reactive ketones (excluding diaryl/α,β-unsaturated/α-hetero) is 1. The van der Waals surface area contributed by atoms with Crippen molar-refractivity contribution in [2.24, 2.45) is 11.7 Å². The van der Waals surface area contributed by atoms with Crippen LogP contribution in [0.25, 0.3) is 10.9 Å². The van der Waals surface area contributed by atoms with Crippen LogP contribution in [-0.2, 0) is 4.79 Å². The van der Waals surface area contributed by atoms with E-state index in [0.29, 0.717) is 10.8 Å². The third-order valence-electron chi connectivity index (χ3n) is 3.65. The standard InChI is InChI=1S/C16H15ClN2O2/c1-10(20)12-4-2-7-15(17)16(12,18)21-14-6-3-5-13-11(14)8-9-19-13/h2-9,12,19H,18H2,1H3. The van der Waals surface area contributed by atoms with Gasteiger partial charge in [-0.05, 0) is 31.2 Å². The predicted molar refractivity (Wildman–Crippen MR) is 83.1 cm³/mol. The molecule has 1 aliphatic carbocycles. The summed E-state index contributed by atoms with van der Waals surface area (Å²) in [6.07, 6.45) is 6.91. The van der Waals surface area contributed by atoms with Crippen molar-refractivity contribution in [2.75, 3.05) is 0 Å². The van der Waals surface area contributed by atoms with E-state index in [-0.39, 0.29) is 5.78 Å². The number of carbonyl (C=O) groups is 1. The number of halogens is 1. The van der Waals surface area contributed by atoms with Crippen molar-refractivity contribution < 1.29 is 9.53 Å². The highest BCUT2D eigenvalue weighted by molar-refractivity contribution is 6.31. The summed E-state index contributed by atoms with van der Waals surface area (Å²) < 4.78 is 5.99. The number of nitrogens with two attached hydrogens (primary N) is 1. The number of ketones is 1. The first kappa shape index (κ1) is 13.9. The molecule has 1 aliphatic rings. The molecule has 1 aromatic carbocycles. The fourth-order valence-corrected chi connectivity index (χ4v) is 2.78. The zero-order chi connectivity index (χ0) is 15.0. The predicted octanol–water partition coefficient (Wildman–Crippen LogP) is 3.10. The molecule has 1 heterocycles. The lowest BCUT2D eigenvalue weighted by Crippen LogP contribution is -2.55.